The Kier molecular flexibility index (Phi) is 7.27. The van der Waals surface area contributed by atoms with Crippen molar-refractivity contribution in [2.24, 2.45) is 0 Å². The van der Waals surface area contributed by atoms with E-state index < -0.39 is 80.5 Å². The van der Waals surface area contributed by atoms with Crippen LogP contribution in [0.15, 0.2) is 0 Å². The molecule has 0 radical (unpaired) electrons. The molecule has 0 saturated carbocycles. The monoisotopic (exact) mass is 383 g/mol. The van der Waals surface area contributed by atoms with Gasteiger partial charge in [0, 0.05) is 6.92 Å². The molecule has 1 amide bonds. The van der Waals surface area contributed by atoms with E-state index >= 15 is 0 Å². The van der Waals surface area contributed by atoms with E-state index in [4.69, 9.17) is 14.2 Å². The summed E-state index contributed by atoms with van der Waals surface area (Å²) in [5.74, 6) is -0.574. The molecule has 1 unspecified atom stereocenters. The van der Waals surface area contributed by atoms with E-state index in [-0.39, 0.29) is 0 Å². The van der Waals surface area contributed by atoms with Crippen LogP contribution < -0.4 is 5.32 Å². The molecule has 0 bridgehead atoms. The molecule has 0 spiro atoms. The maximum absolute atomic E-state index is 11.4. The van der Waals surface area contributed by atoms with E-state index in [0.717, 1.165) is 6.92 Å². The van der Waals surface area contributed by atoms with Crippen molar-refractivity contribution in [3.63, 3.8) is 0 Å². The lowest BCUT2D eigenvalue weighted by Crippen LogP contribution is -2.67. The van der Waals surface area contributed by atoms with Crippen LogP contribution in [0, 0.1) is 0 Å². The third-order valence-electron chi connectivity index (χ3n) is 4.38. The van der Waals surface area contributed by atoms with Gasteiger partial charge < -0.3 is 55.3 Å². The Balaban J connectivity index is 2.22. The highest BCUT2D eigenvalue weighted by atomic mass is 16.7. The summed E-state index contributed by atoms with van der Waals surface area (Å²) in [6, 6.07) is -1.28. The lowest BCUT2D eigenvalue weighted by molar-refractivity contribution is -0.341. The second-order valence-electron chi connectivity index (χ2n) is 6.26. The summed E-state index contributed by atoms with van der Waals surface area (Å²) in [6.07, 6.45) is -13.6. The minimum Gasteiger partial charge on any atom is -0.394 e. The highest BCUT2D eigenvalue weighted by molar-refractivity contribution is 5.73. The van der Waals surface area contributed by atoms with Crippen molar-refractivity contribution in [1.82, 2.24) is 5.32 Å². The summed E-state index contributed by atoms with van der Waals surface area (Å²) in [4.78, 5) is 11.4. The van der Waals surface area contributed by atoms with Crippen molar-refractivity contribution in [2.75, 3.05) is 13.2 Å². The van der Waals surface area contributed by atoms with Crippen LogP contribution in [0.4, 0.5) is 0 Å². The van der Waals surface area contributed by atoms with Crippen LogP contribution in [0.2, 0.25) is 0 Å². The lowest BCUT2D eigenvalue weighted by Gasteiger charge is -2.46. The summed E-state index contributed by atoms with van der Waals surface area (Å²) in [7, 11) is 0. The van der Waals surface area contributed by atoms with Gasteiger partial charge in [-0.05, 0) is 0 Å². The molecular weight excluding hydrogens is 358 g/mol. The topological polar surface area (TPSA) is 198 Å². The van der Waals surface area contributed by atoms with E-state index in [0.29, 0.717) is 0 Å². The summed E-state index contributed by atoms with van der Waals surface area (Å²) >= 11 is 0. The predicted molar refractivity (Wildman–Crippen MR) is 80.2 cm³/mol. The molecule has 8 N–H and O–H groups in total. The molecule has 152 valence electrons. The summed E-state index contributed by atoms with van der Waals surface area (Å²) < 4.78 is 15.8. The Morgan fingerprint density at radius 3 is 2.08 bits per heavy atom. The fourth-order valence-corrected chi connectivity index (χ4v) is 2.98. The Morgan fingerprint density at radius 2 is 1.54 bits per heavy atom. The number of nitrogens with one attached hydrogen (secondary N) is 1. The van der Waals surface area contributed by atoms with E-state index in [9.17, 15) is 40.5 Å². The lowest BCUT2D eigenvalue weighted by atomic mass is 9.95. The molecule has 10 atom stereocenters. The first-order chi connectivity index (χ1) is 12.2. The maximum Gasteiger partial charge on any atom is 0.217 e. The van der Waals surface area contributed by atoms with Crippen molar-refractivity contribution >= 4 is 5.91 Å². The zero-order valence-electron chi connectivity index (χ0n) is 14.0. The Labute approximate surface area is 148 Å². The normalized spacial score (nSPS) is 46.8. The number of aliphatic hydroxyl groups excluding tert-OH is 7. The van der Waals surface area contributed by atoms with Crippen LogP contribution >= 0.6 is 0 Å². The molecule has 2 heterocycles. The fraction of sp³-hybridized carbons (Fsp3) is 0.929. The third-order valence-corrected chi connectivity index (χ3v) is 4.38. The molecule has 0 aromatic rings. The number of carbonyl (C=O) groups excluding carboxylic acids is 1. The SMILES string of the molecule is CC(=O)N[C@H]1[C@@H](O[C@H]2[C@H](O)[C@H](O)C(O)O[C@@H]2CO)O[C@H](CO)[C@@H](O)[C@@H]1O. The molecular formula is C14H25NO11. The molecule has 2 aliphatic heterocycles. The molecule has 0 aliphatic carbocycles. The number of amides is 1. The zero-order valence-corrected chi connectivity index (χ0v) is 14.0. The van der Waals surface area contributed by atoms with E-state index in [1.54, 1.807) is 0 Å². The molecule has 12 nitrogen and oxygen atoms in total. The first-order valence-corrected chi connectivity index (χ1v) is 8.06. The molecule has 0 aromatic carbocycles. The van der Waals surface area contributed by atoms with Crippen molar-refractivity contribution in [3.8, 4) is 0 Å². The van der Waals surface area contributed by atoms with Gasteiger partial charge in [-0.2, -0.15) is 0 Å². The standard InChI is InChI=1S/C14H25NO11/c1-4(18)15-7-9(20)8(19)5(2-16)25-14(7)26-12-6(3-17)24-13(23)11(22)10(12)21/h5-14,16-17,19-23H,2-3H2,1H3,(H,15,18)/t5-,6-,7-,8-,9-,10-,11+,12-,13?,14-/m1/s1. The van der Waals surface area contributed by atoms with Crippen LogP contribution in [0.1, 0.15) is 6.92 Å². The zero-order chi connectivity index (χ0) is 19.6. The van der Waals surface area contributed by atoms with Gasteiger partial charge in [0.05, 0.1) is 13.2 Å². The molecule has 2 aliphatic rings. The third kappa shape index (κ3) is 4.31. The molecule has 26 heavy (non-hydrogen) atoms. The largest absolute Gasteiger partial charge is 0.394 e. The molecule has 2 rings (SSSR count). The highest BCUT2D eigenvalue weighted by Crippen LogP contribution is 2.28. The number of carbonyl (C=O) groups is 1. The van der Waals surface area contributed by atoms with Crippen molar-refractivity contribution < 1.29 is 54.8 Å². The first-order valence-electron chi connectivity index (χ1n) is 8.06. The fourth-order valence-electron chi connectivity index (χ4n) is 2.98. The number of rotatable bonds is 5. The Bertz CT molecular complexity index is 478. The van der Waals surface area contributed by atoms with E-state index in [1.165, 1.54) is 0 Å². The first kappa shape index (κ1) is 21.4. The smallest absolute Gasteiger partial charge is 0.217 e. The van der Waals surface area contributed by atoms with Crippen LogP contribution in [0.3, 0.4) is 0 Å². The van der Waals surface area contributed by atoms with Crippen LogP contribution in [-0.2, 0) is 19.0 Å². The number of hydrogen-bond donors (Lipinski definition) is 8. The molecule has 2 saturated heterocycles. The van der Waals surface area contributed by atoms with Crippen molar-refractivity contribution in [1.29, 1.82) is 0 Å². The predicted octanol–water partition coefficient (Wildman–Crippen LogP) is -5.25. The number of ether oxygens (including phenoxy) is 3. The average molecular weight is 383 g/mol. The van der Waals surface area contributed by atoms with Crippen LogP contribution in [-0.4, -0.2) is 116 Å². The van der Waals surface area contributed by atoms with Gasteiger partial charge in [0.1, 0.15) is 48.8 Å². The number of aliphatic hydroxyl groups is 7. The number of hydrogen-bond acceptors (Lipinski definition) is 11. The van der Waals surface area contributed by atoms with Crippen molar-refractivity contribution in [2.45, 2.75) is 68.3 Å². The Hall–Kier alpha value is -0.930. The van der Waals surface area contributed by atoms with E-state index in [2.05, 4.69) is 5.32 Å². The van der Waals surface area contributed by atoms with Gasteiger partial charge in [-0.3, -0.25) is 4.79 Å². The molecule has 2 fully saturated rings. The molecule has 12 heteroatoms. The quantitative estimate of drug-likeness (QED) is 0.226. The highest BCUT2D eigenvalue weighted by Gasteiger charge is 2.50. The maximum atomic E-state index is 11.4. The second-order valence-corrected chi connectivity index (χ2v) is 6.26. The van der Waals surface area contributed by atoms with Crippen LogP contribution in [0.5, 0.6) is 0 Å². The summed E-state index contributed by atoms with van der Waals surface area (Å²) in [5.41, 5.74) is 0. The van der Waals surface area contributed by atoms with Gasteiger partial charge >= 0.3 is 0 Å². The Morgan fingerprint density at radius 1 is 0.923 bits per heavy atom. The summed E-state index contributed by atoms with van der Waals surface area (Å²) in [5, 5.41) is 70.5. The minimum atomic E-state index is -1.75. The van der Waals surface area contributed by atoms with Gasteiger partial charge in [0.2, 0.25) is 5.91 Å². The van der Waals surface area contributed by atoms with Gasteiger partial charge in [0.25, 0.3) is 0 Å². The van der Waals surface area contributed by atoms with E-state index in [1.807, 2.05) is 0 Å². The van der Waals surface area contributed by atoms with Gasteiger partial charge in [-0.15, -0.1) is 0 Å². The minimum absolute atomic E-state index is 0.574. The van der Waals surface area contributed by atoms with Gasteiger partial charge in [0.15, 0.2) is 12.6 Å². The molecule has 0 aromatic heterocycles. The van der Waals surface area contributed by atoms with Crippen molar-refractivity contribution in [3.05, 3.63) is 0 Å². The van der Waals surface area contributed by atoms with Gasteiger partial charge in [-0.1, -0.05) is 0 Å². The summed E-state index contributed by atoms with van der Waals surface area (Å²) in [6.45, 7) is -0.194. The average Bonchev–Trinajstić information content (AvgIpc) is 2.60. The van der Waals surface area contributed by atoms with Gasteiger partial charge in [-0.25, -0.2) is 0 Å². The van der Waals surface area contributed by atoms with Crippen LogP contribution in [0.25, 0.3) is 0 Å². The second kappa shape index (κ2) is 8.84.